The van der Waals surface area contributed by atoms with Crippen molar-refractivity contribution in [3.8, 4) is 11.4 Å². The second-order valence-corrected chi connectivity index (χ2v) is 6.18. The number of aryl methyl sites for hydroxylation is 1. The fourth-order valence-corrected chi connectivity index (χ4v) is 2.64. The molecule has 5 nitrogen and oxygen atoms in total. The van der Waals surface area contributed by atoms with Crippen molar-refractivity contribution in [2.24, 2.45) is 0 Å². The summed E-state index contributed by atoms with van der Waals surface area (Å²) in [6.07, 6.45) is 0. The van der Waals surface area contributed by atoms with E-state index in [0.29, 0.717) is 21.4 Å². The number of hydrogen-bond acceptors (Lipinski definition) is 3. The van der Waals surface area contributed by atoms with Crippen molar-refractivity contribution in [1.29, 1.82) is 0 Å². The number of hydrogen-bond donors (Lipinski definition) is 1. The lowest BCUT2D eigenvalue weighted by atomic mass is 10.2. The number of benzene rings is 2. The Morgan fingerprint density at radius 3 is 2.44 bits per heavy atom. The van der Waals surface area contributed by atoms with Gasteiger partial charge >= 0.3 is 0 Å². The Kier molecular flexibility index (Phi) is 4.97. The number of ether oxygens (including phenoxy) is 1. The molecule has 1 aromatic heterocycles. The van der Waals surface area contributed by atoms with Gasteiger partial charge in [-0.15, -0.1) is 5.10 Å². The van der Waals surface area contributed by atoms with Crippen molar-refractivity contribution >= 4 is 34.9 Å². The van der Waals surface area contributed by atoms with Crippen LogP contribution >= 0.6 is 23.2 Å². The number of nitrogens with zero attached hydrogens (tertiary/aromatic N) is 2. The Hall–Kier alpha value is -2.50. The van der Waals surface area contributed by atoms with Crippen LogP contribution in [-0.4, -0.2) is 22.8 Å². The fraction of sp³-hybridized carbons (Fsp3) is 0.111. The van der Waals surface area contributed by atoms with Crippen LogP contribution in [-0.2, 0) is 0 Å². The van der Waals surface area contributed by atoms with Crippen LogP contribution < -0.4 is 10.1 Å². The molecule has 2 aromatic carbocycles. The number of carbonyl (C=O) groups excluding carboxylic acids is 1. The van der Waals surface area contributed by atoms with Gasteiger partial charge in [0.1, 0.15) is 5.75 Å². The highest BCUT2D eigenvalue weighted by Crippen LogP contribution is 2.23. The van der Waals surface area contributed by atoms with Crippen molar-refractivity contribution in [3.63, 3.8) is 0 Å². The molecule has 25 heavy (non-hydrogen) atoms. The first-order chi connectivity index (χ1) is 12.0. The first kappa shape index (κ1) is 17.3. The highest BCUT2D eigenvalue weighted by atomic mass is 35.5. The highest BCUT2D eigenvalue weighted by Gasteiger charge is 2.12. The first-order valence-electron chi connectivity index (χ1n) is 7.45. The minimum Gasteiger partial charge on any atom is -0.497 e. The lowest BCUT2D eigenvalue weighted by molar-refractivity contribution is 0.102. The molecule has 3 rings (SSSR count). The fourth-order valence-electron chi connectivity index (χ4n) is 2.35. The van der Waals surface area contributed by atoms with Crippen LogP contribution in [0.3, 0.4) is 0 Å². The number of amides is 1. The molecule has 1 heterocycles. The van der Waals surface area contributed by atoms with E-state index < -0.39 is 0 Å². The van der Waals surface area contributed by atoms with Crippen molar-refractivity contribution in [1.82, 2.24) is 9.78 Å². The average molecular weight is 376 g/mol. The molecule has 0 radical (unpaired) electrons. The predicted molar refractivity (Wildman–Crippen MR) is 99.3 cm³/mol. The smallest absolute Gasteiger partial charge is 0.256 e. The summed E-state index contributed by atoms with van der Waals surface area (Å²) in [6.45, 7) is 1.91. The minimum atomic E-state index is -0.307. The molecular weight excluding hydrogens is 361 g/mol. The molecule has 3 aromatic rings. The van der Waals surface area contributed by atoms with E-state index in [1.165, 1.54) is 6.07 Å². The summed E-state index contributed by atoms with van der Waals surface area (Å²) >= 11 is 11.8. The molecule has 0 aliphatic carbocycles. The Morgan fingerprint density at radius 1 is 1.08 bits per heavy atom. The lowest BCUT2D eigenvalue weighted by Gasteiger charge is -2.06. The normalized spacial score (nSPS) is 10.6. The summed E-state index contributed by atoms with van der Waals surface area (Å²) in [7, 11) is 1.62. The molecule has 0 bridgehead atoms. The molecule has 0 saturated heterocycles. The third-order valence-corrected chi connectivity index (χ3v) is 4.37. The third-order valence-electron chi connectivity index (χ3n) is 3.63. The maximum Gasteiger partial charge on any atom is 0.256 e. The lowest BCUT2D eigenvalue weighted by Crippen LogP contribution is -2.12. The summed E-state index contributed by atoms with van der Waals surface area (Å²) in [6, 6.07) is 14.0. The maximum atomic E-state index is 12.3. The van der Waals surface area contributed by atoms with E-state index in [1.807, 2.05) is 31.2 Å². The third kappa shape index (κ3) is 3.78. The van der Waals surface area contributed by atoms with Gasteiger partial charge in [-0.3, -0.25) is 4.79 Å². The second kappa shape index (κ2) is 7.17. The van der Waals surface area contributed by atoms with Gasteiger partial charge in [0.25, 0.3) is 5.91 Å². The topological polar surface area (TPSA) is 56.1 Å². The SMILES string of the molecule is COc1ccc(-n2nc(NC(=O)c3ccc(Cl)c(Cl)c3)cc2C)cc1. The van der Waals surface area contributed by atoms with E-state index in [2.05, 4.69) is 10.4 Å². The molecular formula is C18H15Cl2N3O2. The largest absolute Gasteiger partial charge is 0.497 e. The first-order valence-corrected chi connectivity index (χ1v) is 8.21. The average Bonchev–Trinajstić information content (AvgIpc) is 2.97. The molecule has 0 unspecified atom stereocenters. The minimum absolute atomic E-state index is 0.307. The summed E-state index contributed by atoms with van der Waals surface area (Å²) in [5.41, 5.74) is 2.16. The van der Waals surface area contributed by atoms with Crippen LogP contribution in [0.1, 0.15) is 16.1 Å². The van der Waals surface area contributed by atoms with E-state index in [1.54, 1.807) is 30.0 Å². The van der Waals surface area contributed by atoms with Crippen LogP contribution in [0.15, 0.2) is 48.5 Å². The zero-order valence-corrected chi connectivity index (χ0v) is 15.1. The van der Waals surface area contributed by atoms with Crippen LogP contribution in [0.2, 0.25) is 10.0 Å². The van der Waals surface area contributed by atoms with E-state index in [-0.39, 0.29) is 5.91 Å². The number of nitrogens with one attached hydrogen (secondary N) is 1. The Labute approximate surface area is 155 Å². The molecule has 1 N–H and O–H groups in total. The summed E-state index contributed by atoms with van der Waals surface area (Å²) < 4.78 is 6.89. The van der Waals surface area contributed by atoms with Gasteiger partial charge in [-0.05, 0) is 49.4 Å². The molecule has 0 atom stereocenters. The maximum absolute atomic E-state index is 12.3. The number of methoxy groups -OCH3 is 1. The van der Waals surface area contributed by atoms with Gasteiger partial charge in [-0.25, -0.2) is 4.68 Å². The van der Waals surface area contributed by atoms with E-state index in [4.69, 9.17) is 27.9 Å². The second-order valence-electron chi connectivity index (χ2n) is 5.36. The van der Waals surface area contributed by atoms with Crippen molar-refractivity contribution in [2.45, 2.75) is 6.92 Å². The molecule has 0 spiro atoms. The molecule has 0 saturated carbocycles. The van der Waals surface area contributed by atoms with Crippen LogP contribution in [0, 0.1) is 6.92 Å². The number of anilines is 1. The van der Waals surface area contributed by atoms with E-state index >= 15 is 0 Å². The van der Waals surface area contributed by atoms with Gasteiger partial charge in [0.15, 0.2) is 5.82 Å². The Balaban J connectivity index is 1.81. The Bertz CT molecular complexity index is 921. The van der Waals surface area contributed by atoms with Crippen molar-refractivity contribution in [3.05, 3.63) is 69.8 Å². The van der Waals surface area contributed by atoms with Crippen LogP contribution in [0.5, 0.6) is 5.75 Å². The zero-order chi connectivity index (χ0) is 18.0. The van der Waals surface area contributed by atoms with E-state index in [9.17, 15) is 4.79 Å². The molecule has 0 aliphatic rings. The summed E-state index contributed by atoms with van der Waals surface area (Å²) in [5.74, 6) is 0.907. The van der Waals surface area contributed by atoms with Gasteiger partial charge < -0.3 is 10.1 Å². The standard InChI is InChI=1S/C18H15Cl2N3O2/c1-11-9-17(21-18(24)12-3-8-15(19)16(20)10-12)22-23(11)13-4-6-14(25-2)7-5-13/h3-10H,1-2H3,(H,21,22,24). The quantitative estimate of drug-likeness (QED) is 0.715. The molecule has 128 valence electrons. The summed E-state index contributed by atoms with van der Waals surface area (Å²) in [5, 5.41) is 7.92. The number of halogens is 2. The predicted octanol–water partition coefficient (Wildman–Crippen LogP) is 4.75. The number of carbonyl (C=O) groups is 1. The van der Waals surface area contributed by atoms with Gasteiger partial charge in [0, 0.05) is 17.3 Å². The Morgan fingerprint density at radius 2 is 1.80 bits per heavy atom. The monoisotopic (exact) mass is 375 g/mol. The molecule has 7 heteroatoms. The zero-order valence-electron chi connectivity index (χ0n) is 13.6. The van der Waals surface area contributed by atoms with Gasteiger partial charge in [0.2, 0.25) is 0 Å². The number of aromatic nitrogens is 2. The van der Waals surface area contributed by atoms with Gasteiger partial charge in [0.05, 0.1) is 22.8 Å². The molecule has 0 fully saturated rings. The van der Waals surface area contributed by atoms with Gasteiger partial charge in [-0.2, -0.15) is 0 Å². The van der Waals surface area contributed by atoms with Gasteiger partial charge in [-0.1, -0.05) is 23.2 Å². The molecule has 0 aliphatic heterocycles. The summed E-state index contributed by atoms with van der Waals surface area (Å²) in [4.78, 5) is 12.3. The molecule has 1 amide bonds. The van der Waals surface area contributed by atoms with Crippen molar-refractivity contribution < 1.29 is 9.53 Å². The highest BCUT2D eigenvalue weighted by molar-refractivity contribution is 6.42. The van der Waals surface area contributed by atoms with Crippen LogP contribution in [0.4, 0.5) is 5.82 Å². The van der Waals surface area contributed by atoms with Crippen LogP contribution in [0.25, 0.3) is 5.69 Å². The number of rotatable bonds is 4. The van der Waals surface area contributed by atoms with E-state index in [0.717, 1.165) is 17.1 Å². The van der Waals surface area contributed by atoms with Crippen molar-refractivity contribution in [2.75, 3.05) is 12.4 Å².